The second-order valence-corrected chi connectivity index (χ2v) is 6.22. The van der Waals surface area contributed by atoms with Gasteiger partial charge < -0.3 is 9.32 Å². The van der Waals surface area contributed by atoms with Gasteiger partial charge in [-0.1, -0.05) is 42.0 Å². The van der Waals surface area contributed by atoms with Gasteiger partial charge in [-0.2, -0.15) is 0 Å². The van der Waals surface area contributed by atoms with E-state index in [1.807, 2.05) is 31.3 Å². The van der Waals surface area contributed by atoms with E-state index in [0.717, 1.165) is 22.1 Å². The van der Waals surface area contributed by atoms with Gasteiger partial charge in [-0.15, -0.1) is 0 Å². The van der Waals surface area contributed by atoms with Crippen LogP contribution in [-0.4, -0.2) is 7.05 Å². The van der Waals surface area contributed by atoms with Crippen LogP contribution >= 0.6 is 0 Å². The van der Waals surface area contributed by atoms with E-state index < -0.39 is 0 Å². The van der Waals surface area contributed by atoms with Gasteiger partial charge in [0.05, 0.1) is 5.69 Å². The molecule has 120 valence electrons. The summed E-state index contributed by atoms with van der Waals surface area (Å²) in [4.78, 5) is 2.09. The number of aryl methyl sites for hydroxylation is 2. The van der Waals surface area contributed by atoms with E-state index in [9.17, 15) is 4.39 Å². The van der Waals surface area contributed by atoms with E-state index >= 15 is 0 Å². The number of anilines is 2. The zero-order valence-corrected chi connectivity index (χ0v) is 13.9. The van der Waals surface area contributed by atoms with Crippen molar-refractivity contribution in [3.05, 3.63) is 71.5 Å². The highest BCUT2D eigenvalue weighted by Gasteiger charge is 2.17. The molecule has 3 aromatic carbocycles. The molecule has 3 heteroatoms. The van der Waals surface area contributed by atoms with Crippen molar-refractivity contribution in [3.8, 4) is 0 Å². The molecule has 0 atom stereocenters. The first-order chi connectivity index (χ1) is 11.6. The normalized spacial score (nSPS) is 11.3. The molecule has 24 heavy (non-hydrogen) atoms. The van der Waals surface area contributed by atoms with E-state index in [0.29, 0.717) is 11.2 Å². The number of nitrogens with zero attached hydrogens (tertiary/aromatic N) is 1. The summed E-state index contributed by atoms with van der Waals surface area (Å²) in [5, 5.41) is 1.74. The summed E-state index contributed by atoms with van der Waals surface area (Å²) in [7, 11) is 2.01. The minimum atomic E-state index is -0.330. The average molecular weight is 319 g/mol. The largest absolute Gasteiger partial charge is 0.451 e. The molecular formula is C21H18FNO. The predicted octanol–water partition coefficient (Wildman–Crippen LogP) is 6.11. The van der Waals surface area contributed by atoms with Crippen LogP contribution < -0.4 is 4.90 Å². The minimum absolute atomic E-state index is 0.314. The molecule has 0 fully saturated rings. The predicted molar refractivity (Wildman–Crippen MR) is 97.7 cm³/mol. The summed E-state index contributed by atoms with van der Waals surface area (Å²) in [6.07, 6.45) is 0. The van der Waals surface area contributed by atoms with Crippen molar-refractivity contribution in [1.82, 2.24) is 0 Å². The first-order valence-corrected chi connectivity index (χ1v) is 7.97. The Bertz CT molecular complexity index is 1060. The number of hydrogen-bond donors (Lipinski definition) is 0. The summed E-state index contributed by atoms with van der Waals surface area (Å²) in [5.74, 6) is -0.330. The maximum absolute atomic E-state index is 14.1. The van der Waals surface area contributed by atoms with E-state index in [2.05, 4.69) is 36.9 Å². The van der Waals surface area contributed by atoms with Gasteiger partial charge in [0.25, 0.3) is 0 Å². The molecule has 0 aliphatic heterocycles. The van der Waals surface area contributed by atoms with Crippen LogP contribution in [0.2, 0.25) is 0 Å². The summed E-state index contributed by atoms with van der Waals surface area (Å²) in [5.41, 5.74) is 5.48. The molecule has 1 heterocycles. The maximum Gasteiger partial charge on any atom is 0.171 e. The Kier molecular flexibility index (Phi) is 3.31. The lowest BCUT2D eigenvalue weighted by Crippen LogP contribution is -2.11. The fourth-order valence-electron chi connectivity index (χ4n) is 3.35. The summed E-state index contributed by atoms with van der Waals surface area (Å²) in [6.45, 7) is 4.18. The Morgan fingerprint density at radius 1 is 0.833 bits per heavy atom. The van der Waals surface area contributed by atoms with E-state index in [-0.39, 0.29) is 5.82 Å². The molecule has 0 bridgehead atoms. The molecule has 2 nitrogen and oxygen atoms in total. The van der Waals surface area contributed by atoms with E-state index in [1.54, 1.807) is 6.07 Å². The third kappa shape index (κ3) is 2.16. The van der Waals surface area contributed by atoms with Crippen molar-refractivity contribution in [1.29, 1.82) is 0 Å². The number of furan rings is 1. The van der Waals surface area contributed by atoms with E-state index in [1.165, 1.54) is 17.2 Å². The highest BCUT2D eigenvalue weighted by molar-refractivity contribution is 6.09. The number of para-hydroxylation sites is 2. The average Bonchev–Trinajstić information content (AvgIpc) is 2.94. The third-order valence-corrected chi connectivity index (χ3v) is 4.53. The van der Waals surface area contributed by atoms with Crippen LogP contribution in [0.25, 0.3) is 21.9 Å². The lowest BCUT2D eigenvalue weighted by atomic mass is 10.1. The smallest absolute Gasteiger partial charge is 0.171 e. The molecule has 1 aromatic heterocycles. The van der Waals surface area contributed by atoms with Crippen LogP contribution in [0.5, 0.6) is 0 Å². The van der Waals surface area contributed by atoms with Crippen molar-refractivity contribution in [2.45, 2.75) is 13.8 Å². The molecule has 0 spiro atoms. The molecule has 0 aliphatic rings. The van der Waals surface area contributed by atoms with Gasteiger partial charge in [0.15, 0.2) is 17.0 Å². The summed E-state index contributed by atoms with van der Waals surface area (Å²) in [6, 6.07) is 17.4. The van der Waals surface area contributed by atoms with Gasteiger partial charge in [-0.3, -0.25) is 0 Å². The Labute approximate surface area is 140 Å². The quantitative estimate of drug-likeness (QED) is 0.443. The minimum Gasteiger partial charge on any atom is -0.451 e. The van der Waals surface area contributed by atoms with Crippen LogP contribution in [0.3, 0.4) is 0 Å². The van der Waals surface area contributed by atoms with Crippen molar-refractivity contribution in [2.24, 2.45) is 0 Å². The Morgan fingerprint density at radius 3 is 2.29 bits per heavy atom. The highest BCUT2D eigenvalue weighted by atomic mass is 19.1. The first-order valence-electron chi connectivity index (χ1n) is 7.97. The number of fused-ring (bicyclic) bond motifs is 3. The van der Waals surface area contributed by atoms with Gasteiger partial charge in [0, 0.05) is 23.5 Å². The Morgan fingerprint density at radius 2 is 1.54 bits per heavy atom. The molecule has 0 N–H and O–H groups in total. The Balaban J connectivity index is 1.96. The fourth-order valence-corrected chi connectivity index (χ4v) is 3.35. The van der Waals surface area contributed by atoms with Crippen LogP contribution in [-0.2, 0) is 0 Å². The maximum atomic E-state index is 14.1. The van der Waals surface area contributed by atoms with Gasteiger partial charge in [-0.05, 0) is 37.6 Å². The van der Waals surface area contributed by atoms with Crippen LogP contribution in [0.15, 0.2) is 59.0 Å². The summed E-state index contributed by atoms with van der Waals surface area (Å²) < 4.78 is 20.0. The fraction of sp³-hybridized carbons (Fsp3) is 0.143. The third-order valence-electron chi connectivity index (χ3n) is 4.53. The molecule has 0 saturated heterocycles. The molecular weight excluding hydrogens is 301 g/mol. The van der Waals surface area contributed by atoms with Gasteiger partial charge in [0.1, 0.15) is 0 Å². The van der Waals surface area contributed by atoms with Crippen molar-refractivity contribution < 1.29 is 8.81 Å². The summed E-state index contributed by atoms with van der Waals surface area (Å²) >= 11 is 0. The molecule has 4 aromatic rings. The molecule has 0 saturated carbocycles. The number of halogens is 1. The SMILES string of the molecule is Cc1ccc(N(C)c2cccc3c2oc2c(F)cccc23)c(C)c1. The monoisotopic (exact) mass is 319 g/mol. The Hall–Kier alpha value is -2.81. The van der Waals surface area contributed by atoms with Crippen LogP contribution in [0.4, 0.5) is 15.8 Å². The number of hydrogen-bond acceptors (Lipinski definition) is 2. The lowest BCUT2D eigenvalue weighted by Gasteiger charge is -2.22. The first kappa shape index (κ1) is 14.8. The van der Waals surface area contributed by atoms with Crippen molar-refractivity contribution in [2.75, 3.05) is 11.9 Å². The molecule has 0 radical (unpaired) electrons. The molecule has 4 rings (SSSR count). The van der Waals surface area contributed by atoms with Gasteiger partial charge in [-0.25, -0.2) is 4.39 Å². The van der Waals surface area contributed by atoms with Crippen LogP contribution in [0, 0.1) is 19.7 Å². The topological polar surface area (TPSA) is 16.4 Å². The zero-order chi connectivity index (χ0) is 16.8. The van der Waals surface area contributed by atoms with Crippen molar-refractivity contribution in [3.63, 3.8) is 0 Å². The highest BCUT2D eigenvalue weighted by Crippen LogP contribution is 2.38. The van der Waals surface area contributed by atoms with Crippen LogP contribution in [0.1, 0.15) is 11.1 Å². The second kappa shape index (κ2) is 5.38. The lowest BCUT2D eigenvalue weighted by molar-refractivity contribution is 0.584. The molecule has 0 aliphatic carbocycles. The van der Waals surface area contributed by atoms with Crippen molar-refractivity contribution >= 4 is 33.3 Å². The number of rotatable bonds is 2. The standard InChI is InChI=1S/C21H18FNO/c1-13-10-11-18(14(2)12-13)23(3)19-9-5-7-16-15-6-4-8-17(22)20(15)24-21(16)19/h4-12H,1-3H3. The van der Waals surface area contributed by atoms with Gasteiger partial charge >= 0.3 is 0 Å². The molecule has 0 amide bonds. The number of benzene rings is 3. The van der Waals surface area contributed by atoms with E-state index in [4.69, 9.17) is 4.42 Å². The van der Waals surface area contributed by atoms with Gasteiger partial charge in [0.2, 0.25) is 0 Å². The molecule has 0 unspecified atom stereocenters. The zero-order valence-electron chi connectivity index (χ0n) is 13.9. The second-order valence-electron chi connectivity index (χ2n) is 6.22.